The van der Waals surface area contributed by atoms with Gasteiger partial charge in [0.05, 0.1) is 6.04 Å². The van der Waals surface area contributed by atoms with Crippen LogP contribution in [-0.2, 0) is 4.79 Å². The predicted octanol–water partition coefficient (Wildman–Crippen LogP) is 0.214. The highest BCUT2D eigenvalue weighted by Crippen LogP contribution is 2.18. The summed E-state index contributed by atoms with van der Waals surface area (Å²) in [5.41, 5.74) is -0.174. The average molecular weight is 214 g/mol. The Labute approximate surface area is 91.6 Å². The minimum absolute atomic E-state index is 0.0684. The number of hydrogen-bond acceptors (Lipinski definition) is 3. The largest absolute Gasteiger partial charge is 0.396 e. The predicted molar refractivity (Wildman–Crippen MR) is 59.5 cm³/mol. The minimum atomic E-state index is -0.174. The highest BCUT2D eigenvalue weighted by atomic mass is 16.3. The van der Waals surface area contributed by atoms with E-state index in [1.54, 1.807) is 0 Å². The van der Waals surface area contributed by atoms with Gasteiger partial charge in [0.2, 0.25) is 5.91 Å². The zero-order valence-electron chi connectivity index (χ0n) is 10.1. The van der Waals surface area contributed by atoms with Crippen LogP contribution < -0.4 is 5.32 Å². The molecule has 1 unspecified atom stereocenters. The summed E-state index contributed by atoms with van der Waals surface area (Å²) < 4.78 is 0. The van der Waals surface area contributed by atoms with E-state index in [1.807, 2.05) is 27.7 Å². The maximum atomic E-state index is 11.8. The zero-order chi connectivity index (χ0) is 11.6. The van der Waals surface area contributed by atoms with Crippen LogP contribution in [0.2, 0.25) is 0 Å². The molecule has 1 aliphatic rings. The van der Waals surface area contributed by atoms with Gasteiger partial charge >= 0.3 is 0 Å². The first-order chi connectivity index (χ1) is 6.83. The number of nitrogens with one attached hydrogen (secondary N) is 1. The highest BCUT2D eigenvalue weighted by molar-refractivity contribution is 5.82. The first kappa shape index (κ1) is 12.5. The SMILES string of the molecule is CC(C(=O)NC(C)(C)C)N1CC(CO)C1. The van der Waals surface area contributed by atoms with E-state index in [0.29, 0.717) is 5.92 Å². The van der Waals surface area contributed by atoms with Crippen molar-refractivity contribution in [2.75, 3.05) is 19.7 Å². The lowest BCUT2D eigenvalue weighted by Crippen LogP contribution is -2.58. The Morgan fingerprint density at radius 1 is 1.53 bits per heavy atom. The monoisotopic (exact) mass is 214 g/mol. The molecule has 1 heterocycles. The van der Waals surface area contributed by atoms with E-state index in [1.165, 1.54) is 0 Å². The first-order valence-electron chi connectivity index (χ1n) is 5.50. The molecule has 1 saturated heterocycles. The fraction of sp³-hybridized carbons (Fsp3) is 0.909. The number of amides is 1. The number of likely N-dealkylation sites (tertiary alicyclic amines) is 1. The molecule has 0 aliphatic carbocycles. The molecule has 4 heteroatoms. The fourth-order valence-electron chi connectivity index (χ4n) is 1.68. The number of aliphatic hydroxyl groups excluding tert-OH is 1. The molecule has 1 atom stereocenters. The molecule has 1 fully saturated rings. The summed E-state index contributed by atoms with van der Waals surface area (Å²) in [6.45, 7) is 9.72. The third-order valence-corrected chi connectivity index (χ3v) is 2.67. The normalized spacial score (nSPS) is 20.9. The van der Waals surface area contributed by atoms with E-state index < -0.39 is 0 Å². The smallest absolute Gasteiger partial charge is 0.237 e. The zero-order valence-corrected chi connectivity index (χ0v) is 10.1. The maximum Gasteiger partial charge on any atom is 0.237 e. The molecular weight excluding hydrogens is 192 g/mol. The molecule has 15 heavy (non-hydrogen) atoms. The molecular formula is C11H22N2O2. The highest BCUT2D eigenvalue weighted by Gasteiger charge is 2.33. The Hall–Kier alpha value is -0.610. The Morgan fingerprint density at radius 2 is 2.07 bits per heavy atom. The lowest BCUT2D eigenvalue weighted by atomic mass is 9.98. The summed E-state index contributed by atoms with van der Waals surface area (Å²) in [6.07, 6.45) is 0. The van der Waals surface area contributed by atoms with Gasteiger partial charge < -0.3 is 10.4 Å². The van der Waals surface area contributed by atoms with Crippen LogP contribution in [0, 0.1) is 5.92 Å². The van der Waals surface area contributed by atoms with Gasteiger partial charge in [0.15, 0.2) is 0 Å². The van der Waals surface area contributed by atoms with E-state index in [4.69, 9.17) is 5.11 Å². The van der Waals surface area contributed by atoms with Crippen molar-refractivity contribution in [2.24, 2.45) is 5.92 Å². The van der Waals surface area contributed by atoms with Gasteiger partial charge in [0, 0.05) is 31.2 Å². The summed E-state index contributed by atoms with van der Waals surface area (Å²) in [6, 6.07) is -0.0907. The standard InChI is InChI=1S/C11H22N2O2/c1-8(10(15)12-11(2,3)4)13-5-9(6-13)7-14/h8-9,14H,5-7H2,1-4H3,(H,12,15). The summed E-state index contributed by atoms with van der Waals surface area (Å²) >= 11 is 0. The average Bonchev–Trinajstić information content (AvgIpc) is 1.98. The second-order valence-corrected chi connectivity index (χ2v) is 5.42. The third-order valence-electron chi connectivity index (χ3n) is 2.67. The molecule has 0 saturated carbocycles. The molecule has 0 aromatic rings. The molecule has 0 radical (unpaired) electrons. The molecule has 88 valence electrons. The molecule has 0 spiro atoms. The van der Waals surface area contributed by atoms with Crippen LogP contribution in [0.25, 0.3) is 0 Å². The van der Waals surface area contributed by atoms with Gasteiger partial charge in [0.1, 0.15) is 0 Å². The van der Waals surface area contributed by atoms with E-state index in [9.17, 15) is 4.79 Å². The molecule has 0 aromatic heterocycles. The van der Waals surface area contributed by atoms with E-state index in [2.05, 4.69) is 10.2 Å². The fourth-order valence-corrected chi connectivity index (χ4v) is 1.68. The molecule has 0 bridgehead atoms. The summed E-state index contributed by atoms with van der Waals surface area (Å²) in [7, 11) is 0. The molecule has 0 aromatic carbocycles. The minimum Gasteiger partial charge on any atom is -0.396 e. The van der Waals surface area contributed by atoms with Gasteiger partial charge in [-0.3, -0.25) is 9.69 Å². The van der Waals surface area contributed by atoms with Gasteiger partial charge in [-0.25, -0.2) is 0 Å². The molecule has 1 rings (SSSR count). The lowest BCUT2D eigenvalue weighted by molar-refractivity contribution is -0.130. The topological polar surface area (TPSA) is 52.6 Å². The maximum absolute atomic E-state index is 11.8. The van der Waals surface area contributed by atoms with E-state index in [-0.39, 0.29) is 24.1 Å². The number of nitrogens with zero attached hydrogens (tertiary/aromatic N) is 1. The number of aliphatic hydroxyl groups is 1. The van der Waals surface area contributed by atoms with Crippen molar-refractivity contribution in [3.8, 4) is 0 Å². The van der Waals surface area contributed by atoms with Gasteiger partial charge in [0.25, 0.3) is 0 Å². The van der Waals surface area contributed by atoms with Crippen molar-refractivity contribution in [3.05, 3.63) is 0 Å². The Bertz CT molecular complexity index is 229. The van der Waals surface area contributed by atoms with Crippen molar-refractivity contribution in [1.29, 1.82) is 0 Å². The Kier molecular flexibility index (Phi) is 3.73. The van der Waals surface area contributed by atoms with Crippen LogP contribution >= 0.6 is 0 Å². The first-order valence-corrected chi connectivity index (χ1v) is 5.50. The van der Waals surface area contributed by atoms with Crippen LogP contribution in [0.4, 0.5) is 0 Å². The van der Waals surface area contributed by atoms with Gasteiger partial charge in [-0.1, -0.05) is 0 Å². The second kappa shape index (κ2) is 4.49. The van der Waals surface area contributed by atoms with Crippen LogP contribution in [0.3, 0.4) is 0 Å². The van der Waals surface area contributed by atoms with E-state index in [0.717, 1.165) is 13.1 Å². The second-order valence-electron chi connectivity index (χ2n) is 5.42. The molecule has 4 nitrogen and oxygen atoms in total. The van der Waals surface area contributed by atoms with Crippen molar-refractivity contribution < 1.29 is 9.90 Å². The van der Waals surface area contributed by atoms with E-state index >= 15 is 0 Å². The number of hydrogen-bond donors (Lipinski definition) is 2. The number of rotatable bonds is 3. The Morgan fingerprint density at radius 3 is 2.47 bits per heavy atom. The molecule has 1 amide bonds. The van der Waals surface area contributed by atoms with Crippen LogP contribution in [0.1, 0.15) is 27.7 Å². The van der Waals surface area contributed by atoms with Crippen molar-refractivity contribution >= 4 is 5.91 Å². The third kappa shape index (κ3) is 3.47. The Balaban J connectivity index is 2.35. The van der Waals surface area contributed by atoms with Gasteiger partial charge in [-0.05, 0) is 27.7 Å². The molecule has 2 N–H and O–H groups in total. The molecule has 1 aliphatic heterocycles. The van der Waals surface area contributed by atoms with Crippen LogP contribution in [-0.4, -0.2) is 47.2 Å². The van der Waals surface area contributed by atoms with Gasteiger partial charge in [-0.2, -0.15) is 0 Å². The van der Waals surface area contributed by atoms with Crippen LogP contribution in [0.5, 0.6) is 0 Å². The van der Waals surface area contributed by atoms with Crippen molar-refractivity contribution in [2.45, 2.75) is 39.3 Å². The summed E-state index contributed by atoms with van der Waals surface area (Å²) in [4.78, 5) is 13.9. The number of carbonyl (C=O) groups excluding carboxylic acids is 1. The van der Waals surface area contributed by atoms with Crippen molar-refractivity contribution in [1.82, 2.24) is 10.2 Å². The number of carbonyl (C=O) groups is 1. The summed E-state index contributed by atoms with van der Waals surface area (Å²) in [5, 5.41) is 11.8. The lowest BCUT2D eigenvalue weighted by Gasteiger charge is -2.42. The quantitative estimate of drug-likeness (QED) is 0.706. The van der Waals surface area contributed by atoms with Crippen LogP contribution in [0.15, 0.2) is 0 Å². The van der Waals surface area contributed by atoms with Gasteiger partial charge in [-0.15, -0.1) is 0 Å². The summed E-state index contributed by atoms with van der Waals surface area (Å²) in [5.74, 6) is 0.425. The van der Waals surface area contributed by atoms with Crippen molar-refractivity contribution in [3.63, 3.8) is 0 Å².